The van der Waals surface area contributed by atoms with Crippen LogP contribution in [0.4, 0.5) is 0 Å². The Morgan fingerprint density at radius 1 is 1.38 bits per heavy atom. The second-order valence-corrected chi connectivity index (χ2v) is 5.09. The highest BCUT2D eigenvalue weighted by Crippen LogP contribution is 2.15. The molecule has 80 valence electrons. The van der Waals surface area contributed by atoms with Gasteiger partial charge in [0.1, 0.15) is 0 Å². The molecule has 1 atom stereocenters. The Balaban J connectivity index is 3.44. The third-order valence-electron chi connectivity index (χ3n) is 2.24. The van der Waals surface area contributed by atoms with Crippen molar-refractivity contribution in [2.45, 2.75) is 40.5 Å². The van der Waals surface area contributed by atoms with Crippen LogP contribution in [0.25, 0.3) is 0 Å². The molecular formula is C11H24ClN. The van der Waals surface area contributed by atoms with Crippen LogP contribution in [0.1, 0.15) is 40.5 Å². The monoisotopic (exact) mass is 205 g/mol. The minimum atomic E-state index is 0.230. The van der Waals surface area contributed by atoms with E-state index in [-0.39, 0.29) is 5.41 Å². The van der Waals surface area contributed by atoms with Crippen LogP contribution in [0.15, 0.2) is 0 Å². The van der Waals surface area contributed by atoms with Crippen LogP contribution in [0.3, 0.4) is 0 Å². The molecule has 0 aromatic rings. The molecule has 0 aliphatic rings. The van der Waals surface area contributed by atoms with Crippen LogP contribution in [0.5, 0.6) is 0 Å². The van der Waals surface area contributed by atoms with Crippen LogP contribution in [-0.4, -0.2) is 19.0 Å². The zero-order chi connectivity index (χ0) is 10.3. The first-order valence-electron chi connectivity index (χ1n) is 5.28. The van der Waals surface area contributed by atoms with Crippen molar-refractivity contribution in [3.8, 4) is 0 Å². The van der Waals surface area contributed by atoms with Gasteiger partial charge in [-0.2, -0.15) is 0 Å². The highest BCUT2D eigenvalue weighted by molar-refractivity contribution is 6.18. The van der Waals surface area contributed by atoms with Gasteiger partial charge in [0.2, 0.25) is 0 Å². The summed E-state index contributed by atoms with van der Waals surface area (Å²) < 4.78 is 0. The van der Waals surface area contributed by atoms with Gasteiger partial charge in [-0.15, -0.1) is 11.6 Å². The summed E-state index contributed by atoms with van der Waals surface area (Å²) in [6.07, 6.45) is 2.59. The minimum Gasteiger partial charge on any atom is -0.316 e. The van der Waals surface area contributed by atoms with Gasteiger partial charge in [0.05, 0.1) is 0 Å². The van der Waals surface area contributed by atoms with Crippen LogP contribution >= 0.6 is 11.6 Å². The Kier molecular flexibility index (Phi) is 6.79. The predicted octanol–water partition coefficient (Wildman–Crippen LogP) is 3.28. The van der Waals surface area contributed by atoms with Gasteiger partial charge in [-0.05, 0) is 24.3 Å². The van der Waals surface area contributed by atoms with Crippen molar-refractivity contribution in [2.24, 2.45) is 11.3 Å². The quantitative estimate of drug-likeness (QED) is 0.630. The Morgan fingerprint density at radius 3 is 2.46 bits per heavy atom. The van der Waals surface area contributed by atoms with Crippen LogP contribution in [0, 0.1) is 11.3 Å². The van der Waals surface area contributed by atoms with E-state index in [0.717, 1.165) is 24.9 Å². The van der Waals surface area contributed by atoms with E-state index in [9.17, 15) is 0 Å². The summed E-state index contributed by atoms with van der Waals surface area (Å²) in [6.45, 7) is 11.1. The molecule has 2 heteroatoms. The van der Waals surface area contributed by atoms with Crippen LogP contribution in [0.2, 0.25) is 0 Å². The third-order valence-corrected chi connectivity index (χ3v) is 2.96. The Morgan fingerprint density at radius 2 is 2.00 bits per heavy atom. The first kappa shape index (κ1) is 13.2. The third kappa shape index (κ3) is 7.33. The Labute approximate surface area is 88.2 Å². The van der Waals surface area contributed by atoms with Crippen molar-refractivity contribution in [3.63, 3.8) is 0 Å². The minimum absolute atomic E-state index is 0.230. The first-order valence-corrected chi connectivity index (χ1v) is 5.82. The van der Waals surface area contributed by atoms with Crippen molar-refractivity contribution in [1.29, 1.82) is 0 Å². The van der Waals surface area contributed by atoms with Gasteiger partial charge >= 0.3 is 0 Å². The van der Waals surface area contributed by atoms with Gasteiger partial charge in [0.25, 0.3) is 0 Å². The van der Waals surface area contributed by atoms with Crippen molar-refractivity contribution >= 4 is 11.6 Å². The van der Waals surface area contributed by atoms with Crippen molar-refractivity contribution in [3.05, 3.63) is 0 Å². The van der Waals surface area contributed by atoms with Gasteiger partial charge in [0.15, 0.2) is 0 Å². The number of hydrogen-bond acceptors (Lipinski definition) is 1. The normalized spacial score (nSPS) is 14.5. The summed E-state index contributed by atoms with van der Waals surface area (Å²) >= 11 is 5.83. The molecule has 1 N–H and O–H groups in total. The Bertz CT molecular complexity index is 123. The Hall–Kier alpha value is 0.250. The molecule has 0 aromatic heterocycles. The first-order chi connectivity index (χ1) is 6.02. The maximum Gasteiger partial charge on any atom is 0.0286 e. The average molecular weight is 206 g/mol. The summed E-state index contributed by atoms with van der Waals surface area (Å²) in [6, 6.07) is 0. The molecule has 0 spiro atoms. The predicted molar refractivity (Wildman–Crippen MR) is 61.4 cm³/mol. The van der Waals surface area contributed by atoms with Gasteiger partial charge in [-0.3, -0.25) is 0 Å². The second-order valence-electron chi connectivity index (χ2n) is 4.82. The molecule has 0 aliphatic heterocycles. The zero-order valence-electron chi connectivity index (χ0n) is 9.49. The van der Waals surface area contributed by atoms with Crippen molar-refractivity contribution < 1.29 is 0 Å². The molecule has 0 aromatic carbocycles. The molecule has 0 heterocycles. The zero-order valence-corrected chi connectivity index (χ0v) is 10.2. The molecule has 0 rings (SSSR count). The van der Waals surface area contributed by atoms with Gasteiger partial charge < -0.3 is 5.32 Å². The number of alkyl halides is 1. The standard InChI is InChI=1S/C11H24ClN/c1-5-6-10(2)7-13-9-11(3,4)8-12/h10,13H,5-9H2,1-4H3. The molecule has 0 bridgehead atoms. The number of hydrogen-bond donors (Lipinski definition) is 1. The van der Waals surface area contributed by atoms with Crippen molar-refractivity contribution in [1.82, 2.24) is 5.32 Å². The molecule has 1 unspecified atom stereocenters. The van der Waals surface area contributed by atoms with Gasteiger partial charge in [-0.1, -0.05) is 34.1 Å². The molecule has 0 fully saturated rings. The smallest absolute Gasteiger partial charge is 0.0286 e. The van der Waals surface area contributed by atoms with Crippen molar-refractivity contribution in [2.75, 3.05) is 19.0 Å². The van der Waals surface area contributed by atoms with Crippen LogP contribution < -0.4 is 5.32 Å². The molecule has 13 heavy (non-hydrogen) atoms. The summed E-state index contributed by atoms with van der Waals surface area (Å²) in [4.78, 5) is 0. The van der Waals surface area contributed by atoms with E-state index in [1.807, 2.05) is 0 Å². The lowest BCUT2D eigenvalue weighted by molar-refractivity contribution is 0.362. The maximum absolute atomic E-state index is 5.83. The van der Waals surface area contributed by atoms with E-state index in [4.69, 9.17) is 11.6 Å². The molecule has 0 saturated carbocycles. The SMILES string of the molecule is CCCC(C)CNCC(C)(C)CCl. The van der Waals surface area contributed by atoms with E-state index < -0.39 is 0 Å². The molecular weight excluding hydrogens is 182 g/mol. The van der Waals surface area contributed by atoms with E-state index in [1.54, 1.807) is 0 Å². The second kappa shape index (κ2) is 6.67. The average Bonchev–Trinajstić information content (AvgIpc) is 2.05. The van der Waals surface area contributed by atoms with E-state index in [1.165, 1.54) is 12.8 Å². The molecule has 0 radical (unpaired) electrons. The van der Waals surface area contributed by atoms with Gasteiger partial charge in [0, 0.05) is 12.4 Å². The maximum atomic E-state index is 5.83. The topological polar surface area (TPSA) is 12.0 Å². The lowest BCUT2D eigenvalue weighted by atomic mass is 9.96. The molecule has 0 saturated heterocycles. The van der Waals surface area contributed by atoms with E-state index in [0.29, 0.717) is 0 Å². The molecule has 1 nitrogen and oxygen atoms in total. The molecule has 0 amide bonds. The lowest BCUT2D eigenvalue weighted by Crippen LogP contribution is -2.33. The summed E-state index contributed by atoms with van der Waals surface area (Å²) in [7, 11) is 0. The number of rotatable bonds is 7. The van der Waals surface area contributed by atoms with Crippen LogP contribution in [-0.2, 0) is 0 Å². The van der Waals surface area contributed by atoms with E-state index >= 15 is 0 Å². The van der Waals surface area contributed by atoms with Gasteiger partial charge in [-0.25, -0.2) is 0 Å². The summed E-state index contributed by atoms with van der Waals surface area (Å²) in [5.41, 5.74) is 0.230. The number of nitrogens with one attached hydrogen (secondary N) is 1. The van der Waals surface area contributed by atoms with E-state index in [2.05, 4.69) is 33.0 Å². The summed E-state index contributed by atoms with van der Waals surface area (Å²) in [5, 5.41) is 3.48. The lowest BCUT2D eigenvalue weighted by Gasteiger charge is -2.23. The highest BCUT2D eigenvalue weighted by Gasteiger charge is 2.15. The highest BCUT2D eigenvalue weighted by atomic mass is 35.5. The fraction of sp³-hybridized carbons (Fsp3) is 1.00. The fourth-order valence-corrected chi connectivity index (χ4v) is 1.39. The largest absolute Gasteiger partial charge is 0.316 e. The molecule has 0 aliphatic carbocycles. The fourth-order valence-electron chi connectivity index (χ4n) is 1.30. The summed E-state index contributed by atoms with van der Waals surface area (Å²) in [5.74, 6) is 1.51. The number of halogens is 1.